The van der Waals surface area contributed by atoms with Crippen LogP contribution in [0.3, 0.4) is 0 Å². The van der Waals surface area contributed by atoms with Gasteiger partial charge in [-0.3, -0.25) is 4.79 Å². The first-order valence-electron chi connectivity index (χ1n) is 7.15. The van der Waals surface area contributed by atoms with E-state index in [4.69, 9.17) is 10.8 Å². The SMILES string of the molecule is CS(=O)(=O)CCC(NC(=O)C1CCCCC1CN)C(=O)O. The molecule has 0 saturated heterocycles. The summed E-state index contributed by atoms with van der Waals surface area (Å²) in [6.07, 6.45) is 4.44. The fourth-order valence-corrected chi connectivity index (χ4v) is 3.37. The molecule has 0 aromatic rings. The Morgan fingerprint density at radius 2 is 1.95 bits per heavy atom. The van der Waals surface area contributed by atoms with Crippen LogP contribution >= 0.6 is 0 Å². The van der Waals surface area contributed by atoms with Crippen molar-refractivity contribution in [2.24, 2.45) is 17.6 Å². The van der Waals surface area contributed by atoms with E-state index >= 15 is 0 Å². The summed E-state index contributed by atoms with van der Waals surface area (Å²) in [7, 11) is -3.26. The highest BCUT2D eigenvalue weighted by Gasteiger charge is 2.32. The molecule has 3 atom stereocenters. The fourth-order valence-electron chi connectivity index (χ4n) is 2.70. The summed E-state index contributed by atoms with van der Waals surface area (Å²) in [6.45, 7) is 0.402. The highest BCUT2D eigenvalue weighted by Crippen LogP contribution is 2.29. The van der Waals surface area contributed by atoms with Crippen LogP contribution < -0.4 is 11.1 Å². The van der Waals surface area contributed by atoms with Crippen LogP contribution in [0, 0.1) is 11.8 Å². The largest absolute Gasteiger partial charge is 0.480 e. The van der Waals surface area contributed by atoms with Crippen LogP contribution in [0.15, 0.2) is 0 Å². The van der Waals surface area contributed by atoms with Gasteiger partial charge in [0.15, 0.2) is 0 Å². The first-order chi connectivity index (χ1) is 9.74. The van der Waals surface area contributed by atoms with E-state index in [1.54, 1.807) is 0 Å². The van der Waals surface area contributed by atoms with Crippen LogP contribution in [0.4, 0.5) is 0 Å². The van der Waals surface area contributed by atoms with Crippen LogP contribution in [0.25, 0.3) is 0 Å². The second kappa shape index (κ2) is 7.74. The average molecular weight is 320 g/mol. The molecule has 3 unspecified atom stereocenters. The third kappa shape index (κ3) is 6.01. The molecule has 1 rings (SSSR count). The monoisotopic (exact) mass is 320 g/mol. The van der Waals surface area contributed by atoms with Crippen LogP contribution in [0.1, 0.15) is 32.1 Å². The number of hydrogen-bond donors (Lipinski definition) is 3. The van der Waals surface area contributed by atoms with Crippen molar-refractivity contribution < 1.29 is 23.1 Å². The molecule has 7 nitrogen and oxygen atoms in total. The lowest BCUT2D eigenvalue weighted by Gasteiger charge is -2.30. The van der Waals surface area contributed by atoms with Gasteiger partial charge in [-0.15, -0.1) is 0 Å². The Kier molecular flexibility index (Phi) is 6.60. The minimum atomic E-state index is -3.26. The van der Waals surface area contributed by atoms with Crippen molar-refractivity contribution in [3.05, 3.63) is 0 Å². The summed E-state index contributed by atoms with van der Waals surface area (Å²) >= 11 is 0. The van der Waals surface area contributed by atoms with Crippen molar-refractivity contribution >= 4 is 21.7 Å². The van der Waals surface area contributed by atoms with Gasteiger partial charge in [0.05, 0.1) is 5.75 Å². The number of hydrogen-bond acceptors (Lipinski definition) is 5. The van der Waals surface area contributed by atoms with Gasteiger partial charge in [0.25, 0.3) is 0 Å². The molecular weight excluding hydrogens is 296 g/mol. The van der Waals surface area contributed by atoms with Gasteiger partial charge in [-0.1, -0.05) is 12.8 Å². The Hall–Kier alpha value is -1.15. The number of rotatable bonds is 7. The molecule has 0 heterocycles. The Morgan fingerprint density at radius 3 is 2.48 bits per heavy atom. The maximum absolute atomic E-state index is 12.2. The lowest BCUT2D eigenvalue weighted by atomic mass is 9.78. The zero-order valence-corrected chi connectivity index (χ0v) is 13.1. The number of sulfone groups is 1. The van der Waals surface area contributed by atoms with Crippen LogP contribution in [0.5, 0.6) is 0 Å². The van der Waals surface area contributed by atoms with Crippen molar-refractivity contribution in [1.29, 1.82) is 0 Å². The number of carbonyl (C=O) groups is 2. The van der Waals surface area contributed by atoms with Crippen molar-refractivity contribution in [2.75, 3.05) is 18.6 Å². The number of carboxylic acid groups (broad SMARTS) is 1. The molecule has 0 aromatic carbocycles. The van der Waals surface area contributed by atoms with E-state index in [1.165, 1.54) is 0 Å². The highest BCUT2D eigenvalue weighted by molar-refractivity contribution is 7.90. The summed E-state index contributed by atoms with van der Waals surface area (Å²) in [6, 6.07) is -1.17. The minimum absolute atomic E-state index is 0.0723. The smallest absolute Gasteiger partial charge is 0.326 e. The molecule has 122 valence electrons. The normalized spacial score (nSPS) is 24.3. The zero-order chi connectivity index (χ0) is 16.0. The molecule has 21 heavy (non-hydrogen) atoms. The van der Waals surface area contributed by atoms with E-state index in [-0.39, 0.29) is 29.9 Å². The number of carboxylic acids is 1. The average Bonchev–Trinajstić information content (AvgIpc) is 2.41. The van der Waals surface area contributed by atoms with E-state index < -0.39 is 21.8 Å². The van der Waals surface area contributed by atoms with E-state index in [1.807, 2.05) is 0 Å². The fraction of sp³-hybridized carbons (Fsp3) is 0.846. The standard InChI is InChI=1S/C13H24N2O5S/c1-21(19,20)7-6-11(13(17)18)15-12(16)10-5-3-2-4-9(10)8-14/h9-11H,2-8,14H2,1H3,(H,15,16)(H,17,18). The third-order valence-corrected chi connectivity index (χ3v) is 4.92. The van der Waals surface area contributed by atoms with E-state index in [0.717, 1.165) is 25.5 Å². The number of amides is 1. The quantitative estimate of drug-likeness (QED) is 0.594. The predicted octanol–water partition coefficient (Wildman–Crippen LogP) is -0.244. The summed E-state index contributed by atoms with van der Waals surface area (Å²) in [5, 5.41) is 11.6. The predicted molar refractivity (Wildman–Crippen MR) is 78.4 cm³/mol. The zero-order valence-electron chi connectivity index (χ0n) is 12.2. The van der Waals surface area contributed by atoms with Gasteiger partial charge in [0.1, 0.15) is 15.9 Å². The van der Waals surface area contributed by atoms with Gasteiger partial charge >= 0.3 is 5.97 Å². The first-order valence-corrected chi connectivity index (χ1v) is 9.21. The summed E-state index contributed by atoms with van der Waals surface area (Å²) < 4.78 is 22.2. The summed E-state index contributed by atoms with van der Waals surface area (Å²) in [5.41, 5.74) is 5.66. The van der Waals surface area contributed by atoms with Crippen molar-refractivity contribution in [2.45, 2.75) is 38.1 Å². The lowest BCUT2D eigenvalue weighted by molar-refractivity contribution is -0.143. The number of carbonyl (C=O) groups excluding carboxylic acids is 1. The molecule has 4 N–H and O–H groups in total. The summed E-state index contributed by atoms with van der Waals surface area (Å²) in [5.74, 6) is -2.01. The molecule has 0 radical (unpaired) electrons. The number of aliphatic carboxylic acids is 1. The van der Waals surface area contributed by atoms with Gasteiger partial charge in [0, 0.05) is 12.2 Å². The molecule has 1 aliphatic rings. The van der Waals surface area contributed by atoms with Gasteiger partial charge in [-0.05, 0) is 31.7 Å². The van der Waals surface area contributed by atoms with Crippen LogP contribution in [0.2, 0.25) is 0 Å². The van der Waals surface area contributed by atoms with Crippen molar-refractivity contribution in [3.8, 4) is 0 Å². The van der Waals surface area contributed by atoms with Gasteiger partial charge < -0.3 is 16.2 Å². The van der Waals surface area contributed by atoms with Gasteiger partial charge in [-0.2, -0.15) is 0 Å². The molecule has 0 aliphatic heterocycles. The van der Waals surface area contributed by atoms with Crippen molar-refractivity contribution in [1.82, 2.24) is 5.32 Å². The number of nitrogens with one attached hydrogen (secondary N) is 1. The van der Waals surface area contributed by atoms with Crippen molar-refractivity contribution in [3.63, 3.8) is 0 Å². The Balaban J connectivity index is 2.65. The molecule has 0 bridgehead atoms. The Labute approximate surface area is 125 Å². The van der Waals surface area contributed by atoms with E-state index in [9.17, 15) is 18.0 Å². The molecule has 0 aromatic heterocycles. The van der Waals surface area contributed by atoms with E-state index in [2.05, 4.69) is 5.32 Å². The second-order valence-corrected chi connectivity index (χ2v) is 7.96. The molecule has 8 heteroatoms. The summed E-state index contributed by atoms with van der Waals surface area (Å²) in [4.78, 5) is 23.4. The molecule has 1 amide bonds. The van der Waals surface area contributed by atoms with Crippen LogP contribution in [-0.4, -0.2) is 50.0 Å². The Morgan fingerprint density at radius 1 is 1.33 bits per heavy atom. The maximum atomic E-state index is 12.2. The molecular formula is C13H24N2O5S. The second-order valence-electron chi connectivity index (χ2n) is 5.70. The lowest BCUT2D eigenvalue weighted by Crippen LogP contribution is -2.47. The third-order valence-electron chi connectivity index (χ3n) is 3.94. The molecule has 0 spiro atoms. The minimum Gasteiger partial charge on any atom is -0.480 e. The highest BCUT2D eigenvalue weighted by atomic mass is 32.2. The molecule has 1 saturated carbocycles. The van der Waals surface area contributed by atoms with E-state index in [0.29, 0.717) is 13.0 Å². The maximum Gasteiger partial charge on any atom is 0.326 e. The van der Waals surface area contributed by atoms with Crippen LogP contribution in [-0.2, 0) is 19.4 Å². The number of nitrogens with two attached hydrogens (primary N) is 1. The topological polar surface area (TPSA) is 127 Å². The Bertz CT molecular complexity index is 477. The first kappa shape index (κ1) is 17.9. The molecule has 1 aliphatic carbocycles. The van der Waals surface area contributed by atoms with Gasteiger partial charge in [-0.25, -0.2) is 13.2 Å². The molecule has 1 fully saturated rings. The van der Waals surface area contributed by atoms with Gasteiger partial charge in [0.2, 0.25) is 5.91 Å².